The topological polar surface area (TPSA) is 47.0 Å². The van der Waals surface area contributed by atoms with E-state index in [0.29, 0.717) is 11.8 Å². The van der Waals surface area contributed by atoms with E-state index in [9.17, 15) is 0 Å². The van der Waals surface area contributed by atoms with Crippen molar-refractivity contribution < 1.29 is 4.74 Å². The molecule has 1 heterocycles. The third-order valence-electron chi connectivity index (χ3n) is 1.21. The van der Waals surface area contributed by atoms with Gasteiger partial charge >= 0.3 is 0 Å². The molecule has 4 nitrogen and oxygen atoms in total. The summed E-state index contributed by atoms with van der Waals surface area (Å²) in [5.41, 5.74) is 0. The number of nitrogens with zero attached hydrogens (tertiary/aromatic N) is 2. The van der Waals surface area contributed by atoms with Gasteiger partial charge in [0, 0.05) is 6.54 Å². The van der Waals surface area contributed by atoms with E-state index in [0.717, 1.165) is 18.0 Å². The van der Waals surface area contributed by atoms with Crippen LogP contribution in [0, 0.1) is 0 Å². The second-order valence-electron chi connectivity index (χ2n) is 2.34. The van der Waals surface area contributed by atoms with Gasteiger partial charge in [0.05, 0.1) is 6.61 Å². The van der Waals surface area contributed by atoms with Crippen molar-refractivity contribution in [2.75, 3.05) is 13.7 Å². The van der Waals surface area contributed by atoms with E-state index in [4.69, 9.17) is 4.74 Å². The standard InChI is InChI=1S/C7H13N3OS/c1-3-4-11-7-10-9-6(12-7)5-8-2/h8H,3-5H2,1-2H3. The van der Waals surface area contributed by atoms with Crippen molar-refractivity contribution in [3.05, 3.63) is 5.01 Å². The van der Waals surface area contributed by atoms with Crippen LogP contribution in [0.3, 0.4) is 0 Å². The lowest BCUT2D eigenvalue weighted by atomic mass is 10.5. The van der Waals surface area contributed by atoms with Gasteiger partial charge in [-0.1, -0.05) is 18.3 Å². The molecule has 0 aliphatic rings. The van der Waals surface area contributed by atoms with Gasteiger partial charge in [-0.25, -0.2) is 0 Å². The van der Waals surface area contributed by atoms with Gasteiger partial charge in [0.15, 0.2) is 0 Å². The maximum absolute atomic E-state index is 5.30. The smallest absolute Gasteiger partial charge is 0.294 e. The zero-order valence-corrected chi connectivity index (χ0v) is 8.15. The molecular formula is C7H13N3OS. The highest BCUT2D eigenvalue weighted by Gasteiger charge is 2.02. The predicted octanol–water partition coefficient (Wildman–Crippen LogP) is 1.05. The van der Waals surface area contributed by atoms with Crippen LogP contribution < -0.4 is 10.1 Å². The summed E-state index contributed by atoms with van der Waals surface area (Å²) < 4.78 is 5.30. The maximum Gasteiger partial charge on any atom is 0.294 e. The molecule has 0 amide bonds. The average Bonchev–Trinajstić information content (AvgIpc) is 2.50. The Hall–Kier alpha value is -0.680. The van der Waals surface area contributed by atoms with Crippen LogP contribution in [0.2, 0.25) is 0 Å². The van der Waals surface area contributed by atoms with E-state index in [1.165, 1.54) is 11.3 Å². The molecule has 0 fully saturated rings. The number of nitrogens with one attached hydrogen (secondary N) is 1. The van der Waals surface area contributed by atoms with Crippen LogP contribution in [0.4, 0.5) is 0 Å². The number of aromatic nitrogens is 2. The Labute approximate surface area is 76.0 Å². The Morgan fingerprint density at radius 3 is 3.00 bits per heavy atom. The minimum absolute atomic E-state index is 0.669. The first kappa shape index (κ1) is 9.41. The molecule has 0 radical (unpaired) electrons. The first-order valence-corrected chi connectivity index (χ1v) is 4.78. The third kappa shape index (κ3) is 2.75. The molecule has 5 heteroatoms. The first-order chi connectivity index (χ1) is 5.86. The lowest BCUT2D eigenvalue weighted by molar-refractivity contribution is 0.313. The van der Waals surface area contributed by atoms with Crippen LogP contribution in [0.5, 0.6) is 5.19 Å². The summed E-state index contributed by atoms with van der Waals surface area (Å²) in [5, 5.41) is 12.5. The second kappa shape index (κ2) is 5.05. The van der Waals surface area contributed by atoms with E-state index in [1.54, 1.807) is 0 Å². The molecule has 0 aromatic carbocycles. The molecule has 0 aliphatic heterocycles. The van der Waals surface area contributed by atoms with Crippen molar-refractivity contribution in [2.45, 2.75) is 19.9 Å². The molecule has 0 saturated heterocycles. The average molecular weight is 187 g/mol. The predicted molar refractivity (Wildman–Crippen MR) is 48.5 cm³/mol. The highest BCUT2D eigenvalue weighted by atomic mass is 32.1. The fraction of sp³-hybridized carbons (Fsp3) is 0.714. The van der Waals surface area contributed by atoms with Crippen LogP contribution in [-0.2, 0) is 6.54 Å². The maximum atomic E-state index is 5.30. The van der Waals surface area contributed by atoms with Crippen LogP contribution >= 0.6 is 11.3 Å². The minimum Gasteiger partial charge on any atom is -0.469 e. The molecular weight excluding hydrogens is 174 g/mol. The summed E-state index contributed by atoms with van der Waals surface area (Å²) in [4.78, 5) is 0. The summed E-state index contributed by atoms with van der Waals surface area (Å²) in [7, 11) is 1.88. The van der Waals surface area contributed by atoms with Crippen molar-refractivity contribution in [3.8, 4) is 5.19 Å². The number of rotatable bonds is 5. The Bertz CT molecular complexity index is 226. The monoisotopic (exact) mass is 187 g/mol. The molecule has 68 valence electrons. The normalized spacial score (nSPS) is 10.2. The van der Waals surface area contributed by atoms with Gasteiger partial charge in [0.25, 0.3) is 5.19 Å². The van der Waals surface area contributed by atoms with Crippen LogP contribution in [0.1, 0.15) is 18.4 Å². The number of ether oxygens (including phenoxy) is 1. The molecule has 12 heavy (non-hydrogen) atoms. The zero-order chi connectivity index (χ0) is 8.81. The molecule has 1 aromatic heterocycles. The summed E-state index contributed by atoms with van der Waals surface area (Å²) in [6.07, 6.45) is 1.00. The van der Waals surface area contributed by atoms with E-state index in [-0.39, 0.29) is 0 Å². The fourth-order valence-corrected chi connectivity index (χ4v) is 1.43. The summed E-state index contributed by atoms with van der Waals surface area (Å²) in [5.74, 6) is 0. The van der Waals surface area contributed by atoms with E-state index in [1.807, 2.05) is 7.05 Å². The Balaban J connectivity index is 2.41. The summed E-state index contributed by atoms with van der Waals surface area (Å²) in [6.45, 7) is 3.54. The Kier molecular flexibility index (Phi) is 3.96. The van der Waals surface area contributed by atoms with Gasteiger partial charge in [-0.3, -0.25) is 0 Å². The van der Waals surface area contributed by atoms with Gasteiger partial charge in [-0.05, 0) is 13.5 Å². The molecule has 0 aliphatic carbocycles. The van der Waals surface area contributed by atoms with Crippen molar-refractivity contribution >= 4 is 11.3 Å². The number of hydrogen-bond donors (Lipinski definition) is 1. The first-order valence-electron chi connectivity index (χ1n) is 3.96. The number of hydrogen-bond acceptors (Lipinski definition) is 5. The zero-order valence-electron chi connectivity index (χ0n) is 7.33. The van der Waals surface area contributed by atoms with Gasteiger partial charge in [-0.2, -0.15) is 0 Å². The SMILES string of the molecule is CCCOc1nnc(CNC)s1. The lowest BCUT2D eigenvalue weighted by Gasteiger charge is -1.95. The van der Waals surface area contributed by atoms with E-state index < -0.39 is 0 Å². The van der Waals surface area contributed by atoms with Crippen molar-refractivity contribution in [3.63, 3.8) is 0 Å². The van der Waals surface area contributed by atoms with Crippen molar-refractivity contribution in [1.29, 1.82) is 0 Å². The van der Waals surface area contributed by atoms with Crippen LogP contribution in [-0.4, -0.2) is 23.9 Å². The quantitative estimate of drug-likeness (QED) is 0.748. The molecule has 1 N–H and O–H groups in total. The van der Waals surface area contributed by atoms with Crippen molar-refractivity contribution in [1.82, 2.24) is 15.5 Å². The molecule has 0 saturated carbocycles. The van der Waals surface area contributed by atoms with Crippen molar-refractivity contribution in [2.24, 2.45) is 0 Å². The van der Waals surface area contributed by atoms with Gasteiger partial charge in [0.1, 0.15) is 5.01 Å². The van der Waals surface area contributed by atoms with E-state index in [2.05, 4.69) is 22.4 Å². The Morgan fingerprint density at radius 1 is 1.50 bits per heavy atom. The minimum atomic E-state index is 0.669. The van der Waals surface area contributed by atoms with Crippen LogP contribution in [0.15, 0.2) is 0 Å². The van der Waals surface area contributed by atoms with Gasteiger partial charge < -0.3 is 10.1 Å². The van der Waals surface area contributed by atoms with Gasteiger partial charge in [-0.15, -0.1) is 10.2 Å². The fourth-order valence-electron chi connectivity index (χ4n) is 0.709. The second-order valence-corrected chi connectivity index (χ2v) is 3.37. The van der Waals surface area contributed by atoms with E-state index >= 15 is 0 Å². The molecule has 0 bridgehead atoms. The lowest BCUT2D eigenvalue weighted by Crippen LogP contribution is -2.04. The largest absolute Gasteiger partial charge is 0.469 e. The molecule has 0 spiro atoms. The highest BCUT2D eigenvalue weighted by molar-refractivity contribution is 7.13. The third-order valence-corrected chi connectivity index (χ3v) is 2.04. The molecule has 1 aromatic rings. The Morgan fingerprint density at radius 2 is 2.33 bits per heavy atom. The molecule has 1 rings (SSSR count). The highest BCUT2D eigenvalue weighted by Crippen LogP contribution is 2.17. The summed E-state index contributed by atoms with van der Waals surface area (Å²) in [6, 6.07) is 0. The summed E-state index contributed by atoms with van der Waals surface area (Å²) >= 11 is 1.49. The van der Waals surface area contributed by atoms with Gasteiger partial charge in [0.2, 0.25) is 0 Å². The van der Waals surface area contributed by atoms with Crippen LogP contribution in [0.25, 0.3) is 0 Å². The molecule has 0 unspecified atom stereocenters. The molecule has 0 atom stereocenters.